The molecule has 0 fully saturated rings. The predicted molar refractivity (Wildman–Crippen MR) is 114 cm³/mol. The first-order valence-corrected chi connectivity index (χ1v) is 9.77. The van der Waals surface area contributed by atoms with Crippen molar-refractivity contribution in [1.29, 1.82) is 0 Å². The number of carbonyl (C=O) groups excluding carboxylic acids is 1. The van der Waals surface area contributed by atoms with Gasteiger partial charge in [0.25, 0.3) is 0 Å². The Morgan fingerprint density at radius 3 is 2.68 bits per heavy atom. The molecule has 0 radical (unpaired) electrons. The molecule has 4 N–H and O–H groups in total. The average molecular weight is 402 g/mol. The molecule has 2 aromatic carbocycles. The summed E-state index contributed by atoms with van der Waals surface area (Å²) in [5.74, 6) is -1.17. The molecule has 1 atom stereocenters. The molecule has 1 heterocycles. The highest BCUT2D eigenvalue weighted by atomic mass is 32.1. The first-order chi connectivity index (χ1) is 16.0. The number of aromatic nitrogens is 1. The van der Waals surface area contributed by atoms with E-state index in [0.717, 1.165) is 16.9 Å². The van der Waals surface area contributed by atoms with E-state index in [1.807, 2.05) is 30.3 Å². The van der Waals surface area contributed by atoms with Crippen LogP contribution in [0.15, 0.2) is 59.9 Å². The molecule has 28 heavy (non-hydrogen) atoms. The van der Waals surface area contributed by atoms with Gasteiger partial charge in [-0.25, -0.2) is 4.98 Å². The fraction of sp³-hybridized carbons (Fsp3) is 0.273. The van der Waals surface area contributed by atoms with E-state index >= 15 is 0 Å². The molecule has 0 unspecified atom stereocenters. The van der Waals surface area contributed by atoms with E-state index in [2.05, 4.69) is 10.3 Å². The van der Waals surface area contributed by atoms with Crippen LogP contribution in [0.5, 0.6) is 0 Å². The minimum absolute atomic E-state index is 0.0940. The number of hydrogen-bond donors (Lipinski definition) is 3. The number of nitrogen functional groups attached to an aromatic ring is 1. The Kier molecular flexibility index (Phi) is 4.82. The first kappa shape index (κ1) is 13.5. The molecule has 1 aromatic heterocycles. The monoisotopic (exact) mass is 401 g/mol. The van der Waals surface area contributed by atoms with Crippen molar-refractivity contribution < 1.29 is 18.1 Å². The summed E-state index contributed by atoms with van der Waals surface area (Å²) >= 11 is 0.975. The second-order valence-electron chi connectivity index (χ2n) is 6.18. The summed E-state index contributed by atoms with van der Waals surface area (Å²) in [6, 6.07) is 7.74. The van der Waals surface area contributed by atoms with Crippen LogP contribution >= 0.6 is 11.3 Å². The lowest BCUT2D eigenvalue weighted by Crippen LogP contribution is -2.14. The van der Waals surface area contributed by atoms with Gasteiger partial charge in [0.1, 0.15) is 0 Å². The van der Waals surface area contributed by atoms with E-state index in [1.165, 1.54) is 5.38 Å². The highest BCUT2D eigenvalue weighted by Gasteiger charge is 2.08. The zero-order valence-electron chi connectivity index (χ0n) is 21.2. The molecule has 0 spiro atoms. The maximum atomic E-state index is 12.6. The number of nitrogens with zero attached hydrogens (tertiary/aromatic N) is 1. The van der Waals surface area contributed by atoms with Gasteiger partial charge in [-0.1, -0.05) is 48.8 Å². The normalized spacial score (nSPS) is 15.5. The first-order valence-electron chi connectivity index (χ1n) is 11.9. The molecule has 1 amide bonds. The summed E-state index contributed by atoms with van der Waals surface area (Å²) in [7, 11) is 0. The minimum Gasteiger partial charge on any atom is -0.388 e. The van der Waals surface area contributed by atoms with Crippen molar-refractivity contribution in [2.24, 2.45) is 0 Å². The van der Waals surface area contributed by atoms with Crippen LogP contribution in [0.2, 0.25) is 0 Å². The largest absolute Gasteiger partial charge is 0.388 e. The van der Waals surface area contributed by atoms with Crippen molar-refractivity contribution in [2.45, 2.75) is 38.2 Å². The molecule has 0 aliphatic heterocycles. The maximum Gasteiger partial charge on any atom is 0.230 e. The summed E-state index contributed by atoms with van der Waals surface area (Å²) in [5.41, 5.74) is 5.94. The molecule has 0 bridgehead atoms. The Bertz CT molecular complexity index is 1140. The molecular weight excluding hydrogens is 370 g/mol. The number of amides is 1. The maximum absolute atomic E-state index is 12.6. The summed E-state index contributed by atoms with van der Waals surface area (Å²) in [5, 5.41) is 13.9. The second-order valence-corrected chi connectivity index (χ2v) is 7.07. The van der Waals surface area contributed by atoms with Crippen LogP contribution in [0.3, 0.4) is 0 Å². The van der Waals surface area contributed by atoms with Crippen LogP contribution in [0.25, 0.3) is 0 Å². The fourth-order valence-corrected chi connectivity index (χ4v) is 3.11. The summed E-state index contributed by atoms with van der Waals surface area (Å²) in [6.45, 7) is 0. The molecule has 6 heteroatoms. The fourth-order valence-electron chi connectivity index (χ4n) is 2.61. The van der Waals surface area contributed by atoms with Gasteiger partial charge >= 0.3 is 0 Å². The predicted octanol–water partition coefficient (Wildman–Crippen LogP) is 4.35. The van der Waals surface area contributed by atoms with E-state index in [9.17, 15) is 9.90 Å². The molecular formula is C22H25N3O2S. The van der Waals surface area contributed by atoms with Crippen molar-refractivity contribution in [3.63, 3.8) is 0 Å². The Balaban J connectivity index is 1.70. The molecule has 0 aliphatic rings. The van der Waals surface area contributed by atoms with Crippen LogP contribution in [-0.4, -0.2) is 16.0 Å². The van der Waals surface area contributed by atoms with Crippen molar-refractivity contribution in [2.75, 3.05) is 11.1 Å². The van der Waals surface area contributed by atoms with E-state index < -0.39 is 36.2 Å². The quantitative estimate of drug-likeness (QED) is 0.465. The van der Waals surface area contributed by atoms with Crippen LogP contribution in [0.1, 0.15) is 50.4 Å². The Hall–Kier alpha value is -2.70. The molecule has 0 saturated carbocycles. The standard InChI is InChI=1S/C22H25N3O2S/c23-22-25-19(15-28-22)14-21(27)24-18-12-10-16(11-13-18)6-4-5-9-20(26)17-7-2-1-3-8-17/h1-3,7-8,10-13,15,20,26H,4-6,9,14H2,(H2,23,25)(H,24,27)/t20-/m0/s1/i10D,11D,12D,13D,14D2. The Morgan fingerprint density at radius 2 is 2.00 bits per heavy atom. The number of carbonyl (C=O) groups is 1. The summed E-state index contributed by atoms with van der Waals surface area (Å²) < 4.78 is 49.1. The molecule has 3 aromatic rings. The minimum atomic E-state index is -2.57. The molecule has 3 rings (SSSR count). The van der Waals surface area contributed by atoms with Crippen LogP contribution < -0.4 is 11.1 Å². The van der Waals surface area contributed by atoms with Gasteiger partial charge < -0.3 is 16.2 Å². The van der Waals surface area contributed by atoms with Gasteiger partial charge in [0.05, 0.1) is 23.7 Å². The zero-order chi connectivity index (χ0) is 25.0. The number of nitrogens with one attached hydrogen (secondary N) is 1. The molecule has 0 saturated heterocycles. The van der Waals surface area contributed by atoms with Crippen molar-refractivity contribution >= 4 is 28.1 Å². The molecule has 5 nitrogen and oxygen atoms in total. The van der Waals surface area contributed by atoms with Gasteiger partial charge in [-0.15, -0.1) is 11.3 Å². The smallest absolute Gasteiger partial charge is 0.230 e. The SMILES string of the molecule is [2H]c1c([2H])c(NC(=O)C([2H])([2H])c2csc(N)n2)c([2H])c([2H])c1CCCC[C@H](O)c1ccccc1. The van der Waals surface area contributed by atoms with Gasteiger partial charge in [-0.2, -0.15) is 0 Å². The Labute approximate surface area is 177 Å². The lowest BCUT2D eigenvalue weighted by molar-refractivity contribution is -0.115. The zero-order valence-corrected chi connectivity index (χ0v) is 16.0. The summed E-state index contributed by atoms with van der Waals surface area (Å²) in [6.07, 6.45) is -1.27. The molecule has 0 aliphatic carbocycles. The van der Waals surface area contributed by atoms with Gasteiger partial charge in [0, 0.05) is 13.8 Å². The van der Waals surface area contributed by atoms with E-state index in [4.69, 9.17) is 14.0 Å². The number of aliphatic hydroxyl groups excluding tert-OH is 1. The number of nitrogens with two attached hydrogens (primary N) is 1. The third-order valence-electron chi connectivity index (χ3n) is 4.02. The van der Waals surface area contributed by atoms with Gasteiger partial charge in [-0.05, 0) is 42.5 Å². The topological polar surface area (TPSA) is 88.2 Å². The van der Waals surface area contributed by atoms with Crippen LogP contribution in [0.4, 0.5) is 10.8 Å². The van der Waals surface area contributed by atoms with Crippen molar-refractivity contribution in [3.05, 3.63) is 76.7 Å². The van der Waals surface area contributed by atoms with E-state index in [1.54, 1.807) is 0 Å². The van der Waals surface area contributed by atoms with E-state index in [-0.39, 0.29) is 34.9 Å². The van der Waals surface area contributed by atoms with Crippen molar-refractivity contribution in [3.8, 4) is 0 Å². The highest BCUT2D eigenvalue weighted by Crippen LogP contribution is 2.20. The Morgan fingerprint density at radius 1 is 1.25 bits per heavy atom. The van der Waals surface area contributed by atoms with Crippen LogP contribution in [-0.2, 0) is 17.6 Å². The average Bonchev–Trinajstić information content (AvgIpc) is 3.27. The second kappa shape index (κ2) is 10.0. The number of thiazole rings is 1. The number of anilines is 2. The third kappa shape index (κ3) is 6.18. The lowest BCUT2D eigenvalue weighted by Gasteiger charge is -2.10. The van der Waals surface area contributed by atoms with Gasteiger partial charge in [0.15, 0.2) is 5.13 Å². The van der Waals surface area contributed by atoms with Gasteiger partial charge in [0.2, 0.25) is 5.91 Å². The van der Waals surface area contributed by atoms with Crippen molar-refractivity contribution in [1.82, 2.24) is 4.98 Å². The third-order valence-corrected chi connectivity index (χ3v) is 4.69. The summed E-state index contributed by atoms with van der Waals surface area (Å²) in [4.78, 5) is 16.4. The number of hydrogen-bond acceptors (Lipinski definition) is 5. The lowest BCUT2D eigenvalue weighted by atomic mass is 10.0. The number of unbranched alkanes of at least 4 members (excludes halogenated alkanes) is 1. The van der Waals surface area contributed by atoms with Gasteiger partial charge in [-0.3, -0.25) is 4.79 Å². The number of aliphatic hydroxyl groups is 1. The number of rotatable bonds is 9. The van der Waals surface area contributed by atoms with Crippen LogP contribution in [0, 0.1) is 0 Å². The number of benzene rings is 2. The molecule has 146 valence electrons. The van der Waals surface area contributed by atoms with E-state index in [0.29, 0.717) is 19.3 Å². The highest BCUT2D eigenvalue weighted by molar-refractivity contribution is 7.13.